The first-order chi connectivity index (χ1) is 14.9. The quantitative estimate of drug-likeness (QED) is 0.511. The first-order valence-electron chi connectivity index (χ1n) is 10.6. The van der Waals surface area contributed by atoms with Crippen LogP contribution in [0.25, 0.3) is 22.1 Å². The number of nitrogens with zero attached hydrogens (tertiary/aromatic N) is 4. The second kappa shape index (κ2) is 6.54. The maximum atomic E-state index is 13.6. The molecule has 2 aliphatic heterocycles. The highest BCUT2D eigenvalue weighted by atomic mass is 32.2. The van der Waals surface area contributed by atoms with Crippen molar-refractivity contribution in [1.82, 2.24) is 19.6 Å². The third kappa shape index (κ3) is 2.66. The van der Waals surface area contributed by atoms with Gasteiger partial charge in [-0.2, -0.15) is 0 Å². The summed E-state index contributed by atoms with van der Waals surface area (Å²) in [6.07, 6.45) is 6.65. The average Bonchev–Trinajstić information content (AvgIpc) is 3.43. The van der Waals surface area contributed by atoms with Crippen LogP contribution in [-0.4, -0.2) is 51.3 Å². The summed E-state index contributed by atoms with van der Waals surface area (Å²) in [5, 5.41) is 13.3. The van der Waals surface area contributed by atoms with Crippen LogP contribution in [0.5, 0.6) is 0 Å². The van der Waals surface area contributed by atoms with E-state index in [-0.39, 0.29) is 28.1 Å². The predicted octanol–water partition coefficient (Wildman–Crippen LogP) is 2.68. The van der Waals surface area contributed by atoms with Crippen LogP contribution in [0.2, 0.25) is 0 Å². The number of aromatic amines is 1. The number of aliphatic hydroxyl groups excluding tert-OH is 1. The van der Waals surface area contributed by atoms with Crippen molar-refractivity contribution in [3.63, 3.8) is 0 Å². The molecule has 9 heteroatoms. The van der Waals surface area contributed by atoms with Gasteiger partial charge >= 0.3 is 0 Å². The summed E-state index contributed by atoms with van der Waals surface area (Å²) in [5.74, 6) is 0. The van der Waals surface area contributed by atoms with Gasteiger partial charge in [-0.25, -0.2) is 23.1 Å². The summed E-state index contributed by atoms with van der Waals surface area (Å²) in [4.78, 5) is 12.4. The number of hydrogen-bond donors (Lipinski definition) is 2. The molecule has 2 N–H and O–H groups in total. The van der Waals surface area contributed by atoms with Crippen molar-refractivity contribution >= 4 is 31.9 Å². The van der Waals surface area contributed by atoms with Gasteiger partial charge in [0.05, 0.1) is 11.0 Å². The number of rotatable bonds is 3. The Labute approximate surface area is 179 Å². The summed E-state index contributed by atoms with van der Waals surface area (Å²) in [7, 11) is -3.87. The molecule has 0 radical (unpaired) electrons. The Morgan fingerprint density at radius 1 is 1.13 bits per heavy atom. The van der Waals surface area contributed by atoms with Crippen molar-refractivity contribution in [1.29, 1.82) is 0 Å². The highest BCUT2D eigenvalue weighted by Crippen LogP contribution is 2.38. The molecule has 1 aromatic carbocycles. The lowest BCUT2D eigenvalue weighted by molar-refractivity contribution is 0.116. The van der Waals surface area contributed by atoms with Crippen LogP contribution in [0, 0.1) is 6.92 Å². The van der Waals surface area contributed by atoms with Gasteiger partial charge in [-0.1, -0.05) is 18.2 Å². The molecular formula is C22H23N5O3S. The number of aliphatic hydroxyl groups is 1. The van der Waals surface area contributed by atoms with Gasteiger partial charge in [0.2, 0.25) is 9.84 Å². The summed E-state index contributed by atoms with van der Waals surface area (Å²) < 4.78 is 29.3. The molecule has 31 heavy (non-hydrogen) atoms. The molecule has 8 nitrogen and oxygen atoms in total. The second-order valence-corrected chi connectivity index (χ2v) is 10.4. The Bertz CT molecular complexity index is 1410. The summed E-state index contributed by atoms with van der Waals surface area (Å²) in [5.41, 5.74) is 2.31. The number of sulfone groups is 1. The molecule has 160 valence electrons. The molecule has 0 spiro atoms. The molecule has 2 aliphatic rings. The van der Waals surface area contributed by atoms with E-state index in [1.807, 2.05) is 16.8 Å². The van der Waals surface area contributed by atoms with E-state index in [1.165, 1.54) is 0 Å². The Hall–Kier alpha value is -2.91. The Morgan fingerprint density at radius 3 is 2.61 bits per heavy atom. The van der Waals surface area contributed by atoms with Gasteiger partial charge in [-0.3, -0.25) is 0 Å². The number of aromatic nitrogens is 4. The number of pyridine rings is 1. The predicted molar refractivity (Wildman–Crippen MR) is 116 cm³/mol. The number of imidazole rings is 1. The van der Waals surface area contributed by atoms with Crippen molar-refractivity contribution in [2.45, 2.75) is 60.7 Å². The van der Waals surface area contributed by atoms with E-state index < -0.39 is 9.84 Å². The molecule has 0 amide bonds. The molecule has 0 aliphatic carbocycles. The standard InChI is InChI=1S/C22H23N5O3S/c1-13-4-2-3-5-18(13)31(29,30)22-19-20(17-8-9-23-21(17)25-22)26(12-24-19)27-14-6-7-15(27)11-16(28)10-14/h2-5,8-9,12,14-16,28H,6-7,10-11H2,1H3,(H,23,25). The molecule has 2 fully saturated rings. The molecule has 0 saturated carbocycles. The number of piperidine rings is 1. The van der Waals surface area contributed by atoms with E-state index in [0.29, 0.717) is 29.6 Å². The van der Waals surface area contributed by atoms with E-state index in [9.17, 15) is 13.5 Å². The highest BCUT2D eigenvalue weighted by Gasteiger charge is 2.41. The van der Waals surface area contributed by atoms with E-state index in [4.69, 9.17) is 0 Å². The minimum absolute atomic E-state index is 0.0325. The fraction of sp³-hybridized carbons (Fsp3) is 0.364. The zero-order valence-corrected chi connectivity index (χ0v) is 17.9. The average molecular weight is 438 g/mol. The number of hydrogen-bond acceptors (Lipinski definition) is 6. The second-order valence-electron chi connectivity index (χ2n) is 8.60. The van der Waals surface area contributed by atoms with E-state index in [2.05, 4.69) is 20.0 Å². The van der Waals surface area contributed by atoms with Crippen LogP contribution in [0.1, 0.15) is 31.2 Å². The monoisotopic (exact) mass is 437 g/mol. The van der Waals surface area contributed by atoms with Crippen molar-refractivity contribution < 1.29 is 13.5 Å². The SMILES string of the molecule is Cc1ccccc1S(=O)(=O)c1nc2[nH]ccc2c2c1ncn2N1C2CCC1CC(O)C2. The third-order valence-corrected chi connectivity index (χ3v) is 8.53. The first kappa shape index (κ1) is 18.8. The van der Waals surface area contributed by atoms with Crippen LogP contribution in [0.4, 0.5) is 0 Å². The van der Waals surface area contributed by atoms with Crippen molar-refractivity contribution in [3.8, 4) is 0 Å². The van der Waals surface area contributed by atoms with E-state index in [0.717, 1.165) is 23.7 Å². The first-order valence-corrected chi connectivity index (χ1v) is 12.0. The van der Waals surface area contributed by atoms with Crippen LogP contribution in [-0.2, 0) is 9.84 Å². The number of H-pyrrole nitrogens is 1. The zero-order chi connectivity index (χ0) is 21.3. The van der Waals surface area contributed by atoms with Crippen LogP contribution < -0.4 is 5.01 Å². The topological polar surface area (TPSA) is 104 Å². The minimum Gasteiger partial charge on any atom is -0.393 e. The van der Waals surface area contributed by atoms with Gasteiger partial charge in [0.15, 0.2) is 5.03 Å². The van der Waals surface area contributed by atoms with Gasteiger partial charge < -0.3 is 15.1 Å². The Kier molecular flexibility index (Phi) is 3.97. The fourth-order valence-corrected chi connectivity index (χ4v) is 6.92. The van der Waals surface area contributed by atoms with Crippen LogP contribution in [0.3, 0.4) is 0 Å². The molecule has 5 heterocycles. The molecule has 2 unspecified atom stereocenters. The number of nitrogens with one attached hydrogen (secondary N) is 1. The molecule has 2 bridgehead atoms. The number of aryl methyl sites for hydroxylation is 1. The van der Waals surface area contributed by atoms with Crippen molar-refractivity contribution in [3.05, 3.63) is 48.4 Å². The van der Waals surface area contributed by atoms with Gasteiger partial charge in [-0.15, -0.1) is 0 Å². The number of fused-ring (bicyclic) bond motifs is 5. The van der Waals surface area contributed by atoms with Gasteiger partial charge in [0.1, 0.15) is 23.0 Å². The van der Waals surface area contributed by atoms with Gasteiger partial charge in [0, 0.05) is 23.7 Å². The lowest BCUT2D eigenvalue weighted by atomic mass is 10.0. The zero-order valence-electron chi connectivity index (χ0n) is 17.1. The van der Waals surface area contributed by atoms with Gasteiger partial charge in [-0.05, 0) is 50.3 Å². The molecule has 3 aromatic heterocycles. The number of benzene rings is 1. The summed E-state index contributed by atoms with van der Waals surface area (Å²) in [6, 6.07) is 9.27. The Balaban J connectivity index is 1.61. The largest absolute Gasteiger partial charge is 0.393 e. The maximum absolute atomic E-state index is 13.6. The molecule has 2 atom stereocenters. The normalized spacial score (nSPS) is 23.8. The minimum atomic E-state index is -3.87. The molecule has 6 rings (SSSR count). The van der Waals surface area contributed by atoms with Crippen molar-refractivity contribution in [2.75, 3.05) is 5.01 Å². The lowest BCUT2D eigenvalue weighted by Gasteiger charge is -2.39. The third-order valence-electron chi connectivity index (χ3n) is 6.70. The van der Waals surface area contributed by atoms with Gasteiger partial charge in [0.25, 0.3) is 0 Å². The van der Waals surface area contributed by atoms with E-state index >= 15 is 0 Å². The fourth-order valence-electron chi connectivity index (χ4n) is 5.35. The molecule has 4 aromatic rings. The Morgan fingerprint density at radius 2 is 1.87 bits per heavy atom. The highest BCUT2D eigenvalue weighted by molar-refractivity contribution is 7.91. The molecular weight excluding hydrogens is 414 g/mol. The lowest BCUT2D eigenvalue weighted by Crippen LogP contribution is -2.50. The summed E-state index contributed by atoms with van der Waals surface area (Å²) >= 11 is 0. The summed E-state index contributed by atoms with van der Waals surface area (Å²) in [6.45, 7) is 1.78. The van der Waals surface area contributed by atoms with Crippen LogP contribution in [0.15, 0.2) is 52.8 Å². The van der Waals surface area contributed by atoms with Crippen LogP contribution >= 0.6 is 0 Å². The van der Waals surface area contributed by atoms with Crippen molar-refractivity contribution in [2.24, 2.45) is 0 Å². The van der Waals surface area contributed by atoms with E-state index in [1.54, 1.807) is 37.6 Å². The molecule has 2 saturated heterocycles. The maximum Gasteiger partial charge on any atom is 0.226 e. The smallest absolute Gasteiger partial charge is 0.226 e.